The summed E-state index contributed by atoms with van der Waals surface area (Å²) in [5, 5.41) is 0.101. The molecule has 0 saturated carbocycles. The molecule has 0 atom stereocenters. The largest absolute Gasteiger partial charge is 0.264 e. The van der Waals surface area contributed by atoms with Crippen molar-refractivity contribution in [2.75, 3.05) is 4.72 Å². The lowest BCUT2D eigenvalue weighted by molar-refractivity contribution is 0.584. The van der Waals surface area contributed by atoms with Gasteiger partial charge in [0.25, 0.3) is 10.0 Å². The van der Waals surface area contributed by atoms with Gasteiger partial charge in [0.2, 0.25) is 5.95 Å². The quantitative estimate of drug-likeness (QED) is 0.887. The fourth-order valence-electron chi connectivity index (χ4n) is 1.48. The SMILES string of the molecule is Cc1ccc(S(=O)(=O)Nc2cccc(F)n2)c(Cl)c1. The third-order valence-electron chi connectivity index (χ3n) is 2.33. The Hall–Kier alpha value is -1.66. The minimum absolute atomic E-state index is 0.0779. The Balaban J connectivity index is 2.38. The molecule has 100 valence electrons. The highest BCUT2D eigenvalue weighted by Crippen LogP contribution is 2.24. The number of nitrogens with zero attached hydrogens (tertiary/aromatic N) is 1. The van der Waals surface area contributed by atoms with Crippen LogP contribution in [0.1, 0.15) is 5.56 Å². The van der Waals surface area contributed by atoms with Gasteiger partial charge >= 0.3 is 0 Å². The van der Waals surface area contributed by atoms with Gasteiger partial charge in [-0.3, -0.25) is 4.72 Å². The zero-order valence-electron chi connectivity index (χ0n) is 9.89. The Morgan fingerprint density at radius 2 is 2.00 bits per heavy atom. The molecule has 1 aromatic heterocycles. The first kappa shape index (κ1) is 13.8. The van der Waals surface area contributed by atoms with E-state index in [2.05, 4.69) is 9.71 Å². The first-order valence-corrected chi connectivity index (χ1v) is 7.16. The van der Waals surface area contributed by atoms with E-state index in [1.807, 2.05) is 0 Å². The summed E-state index contributed by atoms with van der Waals surface area (Å²) in [6.45, 7) is 1.80. The molecule has 7 heteroatoms. The summed E-state index contributed by atoms with van der Waals surface area (Å²) in [7, 11) is -3.89. The molecule has 0 unspecified atom stereocenters. The molecule has 0 bridgehead atoms. The molecule has 0 spiro atoms. The van der Waals surface area contributed by atoms with Gasteiger partial charge in [-0.25, -0.2) is 13.4 Å². The van der Waals surface area contributed by atoms with Crippen LogP contribution >= 0.6 is 11.6 Å². The Bertz CT molecular complexity index is 719. The number of hydrogen-bond acceptors (Lipinski definition) is 3. The normalized spacial score (nSPS) is 11.3. The highest BCUT2D eigenvalue weighted by Gasteiger charge is 2.18. The molecule has 0 radical (unpaired) electrons. The van der Waals surface area contributed by atoms with Crippen LogP contribution in [0.4, 0.5) is 10.2 Å². The predicted molar refractivity (Wildman–Crippen MR) is 71.2 cm³/mol. The molecule has 0 aliphatic carbocycles. The molecule has 1 aromatic carbocycles. The molecule has 0 saturated heterocycles. The van der Waals surface area contributed by atoms with Crippen molar-refractivity contribution in [3.8, 4) is 0 Å². The third-order valence-corrected chi connectivity index (χ3v) is 4.17. The van der Waals surface area contributed by atoms with Gasteiger partial charge in [0.15, 0.2) is 0 Å². The van der Waals surface area contributed by atoms with Gasteiger partial charge in [0.1, 0.15) is 10.7 Å². The van der Waals surface area contributed by atoms with E-state index in [1.165, 1.54) is 24.3 Å². The van der Waals surface area contributed by atoms with Crippen LogP contribution in [0.3, 0.4) is 0 Å². The van der Waals surface area contributed by atoms with Gasteiger partial charge in [-0.15, -0.1) is 0 Å². The van der Waals surface area contributed by atoms with Crippen molar-refractivity contribution in [2.24, 2.45) is 0 Å². The number of pyridine rings is 1. The summed E-state index contributed by atoms with van der Waals surface area (Å²) in [5.41, 5.74) is 0.841. The fraction of sp³-hybridized carbons (Fsp3) is 0.0833. The van der Waals surface area contributed by atoms with Crippen molar-refractivity contribution in [3.63, 3.8) is 0 Å². The third kappa shape index (κ3) is 3.21. The Morgan fingerprint density at radius 1 is 1.26 bits per heavy atom. The van der Waals surface area contributed by atoms with Crippen LogP contribution in [0.2, 0.25) is 5.02 Å². The molecule has 0 aliphatic rings. The first-order chi connectivity index (χ1) is 8.88. The molecule has 2 aromatic rings. The van der Waals surface area contributed by atoms with E-state index in [4.69, 9.17) is 11.6 Å². The number of anilines is 1. The molecule has 2 rings (SSSR count). The second kappa shape index (κ2) is 5.14. The molecule has 4 nitrogen and oxygen atoms in total. The molecule has 1 N–H and O–H groups in total. The summed E-state index contributed by atoms with van der Waals surface area (Å²) < 4.78 is 39.3. The smallest absolute Gasteiger partial charge is 0.263 e. The lowest BCUT2D eigenvalue weighted by Crippen LogP contribution is -2.14. The van der Waals surface area contributed by atoms with Crippen LogP contribution in [0, 0.1) is 12.9 Å². The maximum absolute atomic E-state index is 12.9. The maximum Gasteiger partial charge on any atom is 0.264 e. The van der Waals surface area contributed by atoms with Crippen molar-refractivity contribution in [1.29, 1.82) is 0 Å². The Morgan fingerprint density at radius 3 is 2.63 bits per heavy atom. The van der Waals surface area contributed by atoms with Gasteiger partial charge < -0.3 is 0 Å². The highest BCUT2D eigenvalue weighted by atomic mass is 35.5. The maximum atomic E-state index is 12.9. The minimum atomic E-state index is -3.89. The number of hydrogen-bond donors (Lipinski definition) is 1. The van der Waals surface area contributed by atoms with E-state index >= 15 is 0 Å². The van der Waals surface area contributed by atoms with Gasteiger partial charge in [-0.2, -0.15) is 4.39 Å². The van der Waals surface area contributed by atoms with Gasteiger partial charge in [0, 0.05) is 0 Å². The van der Waals surface area contributed by atoms with E-state index in [0.717, 1.165) is 11.6 Å². The Labute approximate surface area is 115 Å². The van der Waals surface area contributed by atoms with Crippen LogP contribution in [-0.2, 0) is 10.0 Å². The van der Waals surface area contributed by atoms with E-state index in [9.17, 15) is 12.8 Å². The first-order valence-electron chi connectivity index (χ1n) is 5.30. The monoisotopic (exact) mass is 300 g/mol. The van der Waals surface area contributed by atoms with E-state index < -0.39 is 16.0 Å². The second-order valence-electron chi connectivity index (χ2n) is 3.88. The van der Waals surface area contributed by atoms with Crippen molar-refractivity contribution in [1.82, 2.24) is 4.98 Å². The average molecular weight is 301 g/mol. The number of aryl methyl sites for hydroxylation is 1. The zero-order chi connectivity index (χ0) is 14.0. The summed E-state index contributed by atoms with van der Waals surface area (Å²) in [4.78, 5) is 3.35. The predicted octanol–water partition coefficient (Wildman–Crippen LogP) is 2.98. The molecular formula is C12H10ClFN2O2S. The molecular weight excluding hydrogens is 291 g/mol. The van der Waals surface area contributed by atoms with E-state index in [1.54, 1.807) is 13.0 Å². The molecule has 1 heterocycles. The van der Waals surface area contributed by atoms with Crippen molar-refractivity contribution in [3.05, 3.63) is 52.9 Å². The van der Waals surface area contributed by atoms with Crippen LogP contribution in [0.15, 0.2) is 41.3 Å². The fourth-order valence-corrected chi connectivity index (χ4v) is 3.08. The van der Waals surface area contributed by atoms with E-state index in [0.29, 0.717) is 0 Å². The Kier molecular flexibility index (Phi) is 3.73. The number of nitrogens with one attached hydrogen (secondary N) is 1. The van der Waals surface area contributed by atoms with Gasteiger partial charge in [0.05, 0.1) is 5.02 Å². The van der Waals surface area contributed by atoms with Crippen LogP contribution in [-0.4, -0.2) is 13.4 Å². The highest BCUT2D eigenvalue weighted by molar-refractivity contribution is 7.92. The lowest BCUT2D eigenvalue weighted by atomic mass is 10.2. The summed E-state index contributed by atoms with van der Waals surface area (Å²) in [5.74, 6) is -0.869. The summed E-state index contributed by atoms with van der Waals surface area (Å²) in [6.07, 6.45) is 0. The number of benzene rings is 1. The summed E-state index contributed by atoms with van der Waals surface area (Å²) in [6, 6.07) is 8.38. The zero-order valence-corrected chi connectivity index (χ0v) is 11.5. The van der Waals surface area contributed by atoms with Crippen molar-refractivity contribution >= 4 is 27.4 Å². The van der Waals surface area contributed by atoms with Crippen molar-refractivity contribution < 1.29 is 12.8 Å². The molecule has 0 aliphatic heterocycles. The van der Waals surface area contributed by atoms with Crippen LogP contribution in [0.5, 0.6) is 0 Å². The topological polar surface area (TPSA) is 59.1 Å². The molecule has 19 heavy (non-hydrogen) atoms. The van der Waals surface area contributed by atoms with Crippen LogP contribution in [0.25, 0.3) is 0 Å². The molecule has 0 fully saturated rings. The van der Waals surface area contributed by atoms with E-state index in [-0.39, 0.29) is 15.7 Å². The van der Waals surface area contributed by atoms with Crippen molar-refractivity contribution in [2.45, 2.75) is 11.8 Å². The number of halogens is 2. The lowest BCUT2D eigenvalue weighted by Gasteiger charge is -2.09. The van der Waals surface area contributed by atoms with Crippen LogP contribution < -0.4 is 4.72 Å². The number of rotatable bonds is 3. The standard InChI is InChI=1S/C12H10ClFN2O2S/c1-8-5-6-10(9(13)7-8)19(17,18)16-12-4-2-3-11(14)15-12/h2-7H,1H3,(H,15,16). The molecule has 0 amide bonds. The number of sulfonamides is 1. The minimum Gasteiger partial charge on any atom is -0.263 e. The average Bonchev–Trinajstić information content (AvgIpc) is 2.27. The van der Waals surface area contributed by atoms with Gasteiger partial charge in [-0.1, -0.05) is 23.7 Å². The van der Waals surface area contributed by atoms with Gasteiger partial charge in [-0.05, 0) is 36.8 Å². The summed E-state index contributed by atoms with van der Waals surface area (Å²) >= 11 is 5.90. The second-order valence-corrected chi connectivity index (χ2v) is 5.94. The number of aromatic nitrogens is 1.